The van der Waals surface area contributed by atoms with Crippen LogP contribution in [0.25, 0.3) is 0 Å². The molecule has 0 fully saturated rings. The maximum atomic E-state index is 12.1. The number of hydrogen-bond donors (Lipinski definition) is 1. The second kappa shape index (κ2) is 6.43. The molecule has 17 heavy (non-hydrogen) atoms. The van der Waals surface area contributed by atoms with Gasteiger partial charge >= 0.3 is 0 Å². The minimum absolute atomic E-state index is 0.0353. The van der Waals surface area contributed by atoms with Gasteiger partial charge in [-0.1, -0.05) is 30.7 Å². The number of carbonyl (C=O) groups excluding carboxylic acids is 1. The van der Waals surface area contributed by atoms with E-state index in [1.807, 2.05) is 13.8 Å². The molecule has 1 rings (SSSR count). The van der Waals surface area contributed by atoms with Gasteiger partial charge in [0.15, 0.2) is 5.78 Å². The molecule has 0 aliphatic rings. The first kappa shape index (κ1) is 14.6. The van der Waals surface area contributed by atoms with Crippen molar-refractivity contribution in [1.82, 2.24) is 0 Å². The first-order chi connectivity index (χ1) is 7.91. The highest BCUT2D eigenvalue weighted by Crippen LogP contribution is 2.24. The molecule has 0 amide bonds. The Kier molecular flexibility index (Phi) is 5.50. The number of aliphatic hydroxyl groups is 1. The van der Waals surface area contributed by atoms with Crippen LogP contribution in [0.3, 0.4) is 0 Å². The van der Waals surface area contributed by atoms with Crippen LogP contribution in [0.2, 0.25) is 5.02 Å². The van der Waals surface area contributed by atoms with Gasteiger partial charge in [-0.3, -0.25) is 4.79 Å². The van der Waals surface area contributed by atoms with Gasteiger partial charge in [-0.2, -0.15) is 0 Å². The Morgan fingerprint density at radius 3 is 2.53 bits per heavy atom. The lowest BCUT2D eigenvalue weighted by Crippen LogP contribution is -2.22. The number of rotatable bonds is 5. The first-order valence-electron chi connectivity index (χ1n) is 5.55. The smallest absolute Gasteiger partial charge is 0.175 e. The summed E-state index contributed by atoms with van der Waals surface area (Å²) in [4.78, 5) is 12.1. The molecule has 0 saturated heterocycles. The van der Waals surface area contributed by atoms with Crippen LogP contribution in [-0.2, 0) is 0 Å². The van der Waals surface area contributed by atoms with Gasteiger partial charge in [0.25, 0.3) is 0 Å². The average Bonchev–Trinajstić information content (AvgIpc) is 2.27. The molecule has 0 aliphatic heterocycles. The van der Waals surface area contributed by atoms with Gasteiger partial charge in [0, 0.05) is 15.8 Å². The minimum Gasteiger partial charge on any atom is -0.392 e. The number of thioether (sulfide) groups is 1. The van der Waals surface area contributed by atoms with Gasteiger partial charge in [-0.05, 0) is 26.0 Å². The average molecular weight is 273 g/mol. The molecule has 1 aromatic rings. The summed E-state index contributed by atoms with van der Waals surface area (Å²) in [6.07, 6.45) is -0.422. The third-order valence-electron chi connectivity index (χ3n) is 2.58. The zero-order chi connectivity index (χ0) is 13.0. The lowest BCUT2D eigenvalue weighted by atomic mass is 10.1. The third-order valence-corrected chi connectivity index (χ3v) is 4.26. The van der Waals surface area contributed by atoms with E-state index in [9.17, 15) is 9.90 Å². The van der Waals surface area contributed by atoms with Gasteiger partial charge in [-0.15, -0.1) is 11.8 Å². The molecule has 3 unspecified atom stereocenters. The number of halogens is 1. The zero-order valence-corrected chi connectivity index (χ0v) is 11.8. The predicted molar refractivity (Wildman–Crippen MR) is 74.0 cm³/mol. The maximum Gasteiger partial charge on any atom is 0.175 e. The van der Waals surface area contributed by atoms with E-state index in [0.717, 1.165) is 0 Å². The minimum atomic E-state index is -0.422. The summed E-state index contributed by atoms with van der Waals surface area (Å²) in [5, 5.41) is 9.83. The number of Topliss-reactive ketones (excluding diaryl/α,β-unsaturated/α-hetero) is 1. The molecule has 0 saturated carbocycles. The van der Waals surface area contributed by atoms with Crippen molar-refractivity contribution < 1.29 is 9.90 Å². The van der Waals surface area contributed by atoms with Crippen molar-refractivity contribution in [3.05, 3.63) is 34.9 Å². The highest BCUT2D eigenvalue weighted by molar-refractivity contribution is 8.01. The van der Waals surface area contributed by atoms with E-state index in [0.29, 0.717) is 10.6 Å². The van der Waals surface area contributed by atoms with Crippen LogP contribution in [0.1, 0.15) is 31.1 Å². The summed E-state index contributed by atoms with van der Waals surface area (Å²) in [6, 6.07) is 6.95. The lowest BCUT2D eigenvalue weighted by Gasteiger charge is -2.18. The topological polar surface area (TPSA) is 37.3 Å². The van der Waals surface area contributed by atoms with Crippen LogP contribution in [-0.4, -0.2) is 27.5 Å². The number of ketones is 1. The fourth-order valence-electron chi connectivity index (χ4n) is 1.37. The monoisotopic (exact) mass is 272 g/mol. The van der Waals surface area contributed by atoms with Crippen molar-refractivity contribution in [2.24, 2.45) is 0 Å². The summed E-state index contributed by atoms with van der Waals surface area (Å²) in [5.41, 5.74) is 0.621. The second-order valence-electron chi connectivity index (χ2n) is 4.10. The van der Waals surface area contributed by atoms with E-state index in [1.165, 1.54) is 11.8 Å². The van der Waals surface area contributed by atoms with Gasteiger partial charge in [0.1, 0.15) is 0 Å². The molecular weight excluding hydrogens is 256 g/mol. The quantitative estimate of drug-likeness (QED) is 0.835. The predicted octanol–water partition coefficient (Wildman–Crippen LogP) is 3.41. The van der Waals surface area contributed by atoms with Crippen molar-refractivity contribution in [3.8, 4) is 0 Å². The molecule has 0 spiro atoms. The third kappa shape index (κ3) is 4.34. The van der Waals surface area contributed by atoms with Gasteiger partial charge in [0.05, 0.1) is 11.4 Å². The summed E-state index contributed by atoms with van der Waals surface area (Å²) >= 11 is 7.32. The van der Waals surface area contributed by atoms with Gasteiger partial charge in [-0.25, -0.2) is 0 Å². The number of benzene rings is 1. The number of hydrogen-bond acceptors (Lipinski definition) is 3. The maximum absolute atomic E-state index is 12.1. The molecule has 0 heterocycles. The normalized spacial score (nSPS) is 16.3. The molecule has 3 atom stereocenters. The fourth-order valence-corrected chi connectivity index (χ4v) is 2.70. The van der Waals surface area contributed by atoms with Crippen molar-refractivity contribution >= 4 is 29.1 Å². The highest BCUT2D eigenvalue weighted by atomic mass is 35.5. The molecule has 0 aliphatic carbocycles. The molecule has 0 radical (unpaired) electrons. The van der Waals surface area contributed by atoms with Gasteiger partial charge < -0.3 is 5.11 Å². The van der Waals surface area contributed by atoms with E-state index in [-0.39, 0.29) is 16.3 Å². The molecule has 1 aromatic carbocycles. The molecule has 94 valence electrons. The largest absolute Gasteiger partial charge is 0.392 e. The second-order valence-corrected chi connectivity index (χ2v) is 6.26. The van der Waals surface area contributed by atoms with E-state index < -0.39 is 6.10 Å². The number of carbonyl (C=O) groups is 1. The van der Waals surface area contributed by atoms with Crippen molar-refractivity contribution in [2.75, 3.05) is 0 Å². The van der Waals surface area contributed by atoms with E-state index in [1.54, 1.807) is 31.2 Å². The molecular formula is C13H17ClO2S. The molecule has 0 bridgehead atoms. The molecule has 0 aromatic heterocycles. The van der Waals surface area contributed by atoms with Crippen LogP contribution in [0.15, 0.2) is 24.3 Å². The summed E-state index contributed by atoms with van der Waals surface area (Å²) in [6.45, 7) is 5.50. The standard InChI is InChI=1S/C13H17ClO2S/c1-8(15)9(2)17-10(3)13(16)11-5-4-6-12(14)7-11/h4-10,15H,1-3H3. The van der Waals surface area contributed by atoms with E-state index in [4.69, 9.17) is 11.6 Å². The fraction of sp³-hybridized carbons (Fsp3) is 0.462. The Balaban J connectivity index is 2.70. The van der Waals surface area contributed by atoms with Crippen molar-refractivity contribution in [2.45, 2.75) is 37.4 Å². The van der Waals surface area contributed by atoms with Crippen LogP contribution in [0, 0.1) is 0 Å². The van der Waals surface area contributed by atoms with Crippen molar-refractivity contribution in [1.29, 1.82) is 0 Å². The Bertz CT molecular complexity index is 393. The van der Waals surface area contributed by atoms with Crippen LogP contribution < -0.4 is 0 Å². The Hall–Kier alpha value is -0.510. The molecule has 2 nitrogen and oxygen atoms in total. The van der Waals surface area contributed by atoms with Crippen LogP contribution in [0.5, 0.6) is 0 Å². The van der Waals surface area contributed by atoms with Crippen LogP contribution in [0.4, 0.5) is 0 Å². The van der Waals surface area contributed by atoms with Crippen molar-refractivity contribution in [3.63, 3.8) is 0 Å². The summed E-state index contributed by atoms with van der Waals surface area (Å²) in [5.74, 6) is 0.0463. The highest BCUT2D eigenvalue weighted by Gasteiger charge is 2.20. The van der Waals surface area contributed by atoms with Crippen LogP contribution >= 0.6 is 23.4 Å². The van der Waals surface area contributed by atoms with E-state index >= 15 is 0 Å². The molecule has 4 heteroatoms. The lowest BCUT2D eigenvalue weighted by molar-refractivity contribution is 0.0993. The zero-order valence-electron chi connectivity index (χ0n) is 10.2. The Morgan fingerprint density at radius 2 is 2.00 bits per heavy atom. The summed E-state index contributed by atoms with van der Waals surface area (Å²) in [7, 11) is 0. The van der Waals surface area contributed by atoms with E-state index in [2.05, 4.69) is 0 Å². The summed E-state index contributed by atoms with van der Waals surface area (Å²) < 4.78 is 0. The SMILES string of the molecule is CC(SC(C)C(C)O)C(=O)c1cccc(Cl)c1. The Morgan fingerprint density at radius 1 is 1.35 bits per heavy atom. The Labute approximate surface area is 111 Å². The van der Waals surface area contributed by atoms with Gasteiger partial charge in [0.2, 0.25) is 0 Å². The molecule has 1 N–H and O–H groups in total. The number of aliphatic hydroxyl groups excluding tert-OH is 1. The first-order valence-corrected chi connectivity index (χ1v) is 6.87.